The summed E-state index contributed by atoms with van der Waals surface area (Å²) in [5.41, 5.74) is -0.238. The van der Waals surface area contributed by atoms with Crippen molar-refractivity contribution >= 4 is 46.0 Å². The summed E-state index contributed by atoms with van der Waals surface area (Å²) in [5, 5.41) is 26.4. The van der Waals surface area contributed by atoms with Crippen molar-refractivity contribution in [2.24, 2.45) is 0 Å². The molecule has 1 aromatic carbocycles. The first-order chi connectivity index (χ1) is 19.7. The molecule has 4 rings (SSSR count). The summed E-state index contributed by atoms with van der Waals surface area (Å²) in [6, 6.07) is 14.0. The van der Waals surface area contributed by atoms with Gasteiger partial charge in [0.25, 0.3) is 5.91 Å². The predicted molar refractivity (Wildman–Crippen MR) is 155 cm³/mol. The van der Waals surface area contributed by atoms with Gasteiger partial charge in [-0.15, -0.1) is 0 Å². The van der Waals surface area contributed by atoms with E-state index in [-0.39, 0.29) is 23.7 Å². The third kappa shape index (κ3) is 7.78. The van der Waals surface area contributed by atoms with E-state index < -0.39 is 23.4 Å². The minimum absolute atomic E-state index is 0.0860. The van der Waals surface area contributed by atoms with E-state index in [9.17, 15) is 14.7 Å². The Morgan fingerprint density at radius 2 is 1.88 bits per heavy atom. The standard InChI is InChI=1S/C28H29FN6O4S2/c1-3-12-28(39,19-7-5-4-6-8-19)17-33-25(36)24-23(29)20(11-13-30-24)40-22-15-32-26(41-22)34-21-10-9-18(14-31-21)16-35(2)27(37)38/h4-11,13-15,39H,3,12,16-17H2,1-2H3,(H,33,36)(H,37,38)(H,31,32,34). The van der Waals surface area contributed by atoms with Crippen molar-refractivity contribution < 1.29 is 24.2 Å². The molecule has 1 atom stereocenters. The fourth-order valence-corrected chi connectivity index (χ4v) is 5.85. The van der Waals surface area contributed by atoms with Crippen molar-refractivity contribution in [1.82, 2.24) is 25.2 Å². The predicted octanol–water partition coefficient (Wildman–Crippen LogP) is 5.49. The van der Waals surface area contributed by atoms with Gasteiger partial charge < -0.3 is 25.7 Å². The number of halogens is 1. The van der Waals surface area contributed by atoms with Crippen LogP contribution in [0.15, 0.2) is 76.2 Å². The second-order valence-electron chi connectivity index (χ2n) is 9.20. The second-order valence-corrected chi connectivity index (χ2v) is 11.6. The van der Waals surface area contributed by atoms with Crippen LogP contribution in [0.25, 0.3) is 0 Å². The van der Waals surface area contributed by atoms with Crippen molar-refractivity contribution in [2.45, 2.75) is 41.0 Å². The Bertz CT molecular complexity index is 1490. The average molecular weight is 597 g/mol. The van der Waals surface area contributed by atoms with Gasteiger partial charge in [0.15, 0.2) is 16.6 Å². The monoisotopic (exact) mass is 596 g/mol. The molecule has 0 fully saturated rings. The topological polar surface area (TPSA) is 141 Å². The minimum atomic E-state index is -1.29. The average Bonchev–Trinajstić information content (AvgIpc) is 3.41. The number of aliphatic hydroxyl groups is 1. The maximum absolute atomic E-state index is 15.3. The number of hydrogen-bond acceptors (Lipinski definition) is 9. The molecular formula is C28H29FN6O4S2. The molecule has 0 radical (unpaired) electrons. The molecule has 0 aliphatic rings. The molecule has 10 nitrogen and oxygen atoms in total. The Morgan fingerprint density at radius 1 is 1.10 bits per heavy atom. The molecule has 1 unspecified atom stereocenters. The van der Waals surface area contributed by atoms with Gasteiger partial charge in [-0.05, 0) is 29.7 Å². The number of aromatic nitrogens is 3. The van der Waals surface area contributed by atoms with E-state index in [1.165, 1.54) is 30.6 Å². The molecule has 41 heavy (non-hydrogen) atoms. The van der Waals surface area contributed by atoms with E-state index in [0.717, 1.165) is 22.2 Å². The third-order valence-corrected chi connectivity index (χ3v) is 8.14. The van der Waals surface area contributed by atoms with Gasteiger partial charge in [-0.1, -0.05) is 72.8 Å². The highest BCUT2D eigenvalue weighted by Gasteiger charge is 2.30. The number of amides is 2. The second kappa shape index (κ2) is 13.5. The summed E-state index contributed by atoms with van der Waals surface area (Å²) in [5.74, 6) is -0.961. The van der Waals surface area contributed by atoms with Crippen LogP contribution in [0.4, 0.5) is 20.1 Å². The number of anilines is 2. The Balaban J connectivity index is 1.39. The van der Waals surface area contributed by atoms with E-state index in [1.807, 2.05) is 25.1 Å². The number of thiazole rings is 1. The molecule has 3 aromatic heterocycles. The SMILES string of the molecule is CCCC(O)(CNC(=O)c1nccc(Sc2cnc(Nc3ccc(CN(C)C(=O)O)cn3)s2)c1F)c1ccccc1. The van der Waals surface area contributed by atoms with Crippen molar-refractivity contribution in [3.8, 4) is 0 Å². The van der Waals surface area contributed by atoms with Gasteiger partial charge in [-0.25, -0.2) is 24.1 Å². The van der Waals surface area contributed by atoms with Gasteiger partial charge >= 0.3 is 6.09 Å². The molecule has 0 saturated heterocycles. The van der Waals surface area contributed by atoms with Crippen LogP contribution in [0, 0.1) is 5.82 Å². The van der Waals surface area contributed by atoms with E-state index in [4.69, 9.17) is 5.11 Å². The van der Waals surface area contributed by atoms with Crippen LogP contribution < -0.4 is 10.6 Å². The first kappa shape index (κ1) is 29.9. The number of carbonyl (C=O) groups is 2. The summed E-state index contributed by atoms with van der Waals surface area (Å²) < 4.78 is 16.0. The molecule has 214 valence electrons. The van der Waals surface area contributed by atoms with Crippen molar-refractivity contribution in [3.63, 3.8) is 0 Å². The molecule has 0 aliphatic carbocycles. The Kier molecular flexibility index (Phi) is 9.86. The maximum atomic E-state index is 15.3. The van der Waals surface area contributed by atoms with Crippen LogP contribution in [0.5, 0.6) is 0 Å². The molecule has 3 heterocycles. The van der Waals surface area contributed by atoms with Crippen molar-refractivity contribution in [2.75, 3.05) is 18.9 Å². The number of nitrogens with zero attached hydrogens (tertiary/aromatic N) is 4. The van der Waals surface area contributed by atoms with Gasteiger partial charge in [0.1, 0.15) is 11.4 Å². The molecule has 0 bridgehead atoms. The van der Waals surface area contributed by atoms with E-state index in [2.05, 4.69) is 25.6 Å². The number of benzene rings is 1. The normalized spacial score (nSPS) is 12.4. The van der Waals surface area contributed by atoms with E-state index >= 15 is 4.39 Å². The lowest BCUT2D eigenvalue weighted by Gasteiger charge is -2.28. The third-order valence-electron chi connectivity index (χ3n) is 6.09. The zero-order chi connectivity index (χ0) is 29.4. The summed E-state index contributed by atoms with van der Waals surface area (Å²) in [6.45, 7) is 2.07. The number of carboxylic acid groups (broad SMARTS) is 1. The smallest absolute Gasteiger partial charge is 0.407 e. The largest absolute Gasteiger partial charge is 0.465 e. The lowest BCUT2D eigenvalue weighted by molar-refractivity contribution is 0.0260. The lowest BCUT2D eigenvalue weighted by atomic mass is 9.89. The highest BCUT2D eigenvalue weighted by Crippen LogP contribution is 2.36. The van der Waals surface area contributed by atoms with Gasteiger partial charge in [0.2, 0.25) is 0 Å². The maximum Gasteiger partial charge on any atom is 0.407 e. The molecular weight excluding hydrogens is 567 g/mol. The number of carbonyl (C=O) groups excluding carboxylic acids is 1. The summed E-state index contributed by atoms with van der Waals surface area (Å²) in [7, 11) is 1.48. The van der Waals surface area contributed by atoms with Crippen LogP contribution in [0.2, 0.25) is 0 Å². The van der Waals surface area contributed by atoms with E-state index in [1.54, 1.807) is 36.7 Å². The van der Waals surface area contributed by atoms with Crippen LogP contribution in [0.1, 0.15) is 41.4 Å². The number of rotatable bonds is 12. The molecule has 4 aromatic rings. The number of hydrogen-bond donors (Lipinski definition) is 4. The summed E-state index contributed by atoms with van der Waals surface area (Å²) >= 11 is 2.38. The van der Waals surface area contributed by atoms with Crippen LogP contribution >= 0.6 is 23.1 Å². The van der Waals surface area contributed by atoms with Crippen LogP contribution in [-0.2, 0) is 12.1 Å². The Morgan fingerprint density at radius 3 is 2.56 bits per heavy atom. The zero-order valence-corrected chi connectivity index (χ0v) is 24.0. The quantitative estimate of drug-likeness (QED) is 0.167. The summed E-state index contributed by atoms with van der Waals surface area (Å²) in [6.07, 6.45) is 4.61. The van der Waals surface area contributed by atoms with Crippen LogP contribution in [0.3, 0.4) is 0 Å². The lowest BCUT2D eigenvalue weighted by Crippen LogP contribution is -2.41. The highest BCUT2D eigenvalue weighted by atomic mass is 32.2. The zero-order valence-electron chi connectivity index (χ0n) is 22.4. The first-order valence-corrected chi connectivity index (χ1v) is 14.3. The van der Waals surface area contributed by atoms with Crippen molar-refractivity contribution in [1.29, 1.82) is 0 Å². The molecule has 4 N–H and O–H groups in total. The minimum Gasteiger partial charge on any atom is -0.465 e. The number of pyridine rings is 2. The van der Waals surface area contributed by atoms with Gasteiger partial charge in [0, 0.05) is 19.4 Å². The van der Waals surface area contributed by atoms with Gasteiger partial charge in [-0.3, -0.25) is 4.79 Å². The molecule has 0 spiro atoms. The highest BCUT2D eigenvalue weighted by molar-refractivity contribution is 8.01. The molecule has 2 amide bonds. The molecule has 0 saturated carbocycles. The molecule has 0 aliphatic heterocycles. The van der Waals surface area contributed by atoms with Gasteiger partial charge in [0.05, 0.1) is 28.4 Å². The fourth-order valence-electron chi connectivity index (χ4n) is 3.99. The first-order valence-electron chi connectivity index (χ1n) is 12.7. The summed E-state index contributed by atoms with van der Waals surface area (Å²) in [4.78, 5) is 37.8. The fraction of sp³-hybridized carbons (Fsp3) is 0.250. The van der Waals surface area contributed by atoms with Crippen molar-refractivity contribution in [3.05, 3.63) is 89.8 Å². The Labute approximate surface area is 244 Å². The van der Waals surface area contributed by atoms with Crippen LogP contribution in [-0.4, -0.2) is 55.7 Å². The Hall–Kier alpha value is -4.07. The van der Waals surface area contributed by atoms with E-state index in [0.29, 0.717) is 33.6 Å². The number of nitrogens with one attached hydrogen (secondary N) is 2. The van der Waals surface area contributed by atoms with Gasteiger partial charge in [-0.2, -0.15) is 0 Å². The molecule has 13 heteroatoms.